The van der Waals surface area contributed by atoms with Crippen LogP contribution in [0.25, 0.3) is 0 Å². The first-order valence-electron chi connectivity index (χ1n) is 14.4. The summed E-state index contributed by atoms with van der Waals surface area (Å²) >= 11 is 0. The predicted octanol–water partition coefficient (Wildman–Crippen LogP) is 4.33. The summed E-state index contributed by atoms with van der Waals surface area (Å²) < 4.78 is 7.76. The van der Waals surface area contributed by atoms with E-state index >= 15 is 0 Å². The Morgan fingerprint density at radius 3 is 2.21 bits per heavy atom. The third kappa shape index (κ3) is 7.14. The number of likely N-dealkylation sites (tertiary alicyclic amines) is 1. The SMILES string of the molecule is C/[N+](=C\C1CCC(C(=O)N2CCC(C)(C(=O)OC(C)(C)C)CC2)CC1)c1ccc([C@H]2CCC(=O)NC2=O)cc1. The van der Waals surface area contributed by atoms with Crippen LogP contribution in [0.15, 0.2) is 24.3 Å². The average molecular weight is 539 g/mol. The maximum atomic E-state index is 13.3. The normalized spacial score (nSPS) is 26.1. The molecule has 8 heteroatoms. The van der Waals surface area contributed by atoms with Crippen LogP contribution in [-0.2, 0) is 23.9 Å². The molecule has 2 aliphatic heterocycles. The number of amides is 3. The van der Waals surface area contributed by atoms with Crippen molar-refractivity contribution in [3.63, 3.8) is 0 Å². The molecular formula is C31H44N3O5+. The van der Waals surface area contributed by atoms with Crippen molar-refractivity contribution in [3.8, 4) is 0 Å². The summed E-state index contributed by atoms with van der Waals surface area (Å²) in [6.07, 6.45) is 8.15. The van der Waals surface area contributed by atoms with Gasteiger partial charge in [-0.2, -0.15) is 0 Å². The number of carbonyl (C=O) groups excluding carboxylic acids is 4. The van der Waals surface area contributed by atoms with E-state index in [2.05, 4.69) is 16.1 Å². The van der Waals surface area contributed by atoms with E-state index < -0.39 is 11.0 Å². The van der Waals surface area contributed by atoms with Crippen molar-refractivity contribution < 1.29 is 28.5 Å². The Labute approximate surface area is 232 Å². The minimum atomic E-state index is -0.526. The van der Waals surface area contributed by atoms with Gasteiger partial charge in [-0.1, -0.05) is 12.1 Å². The van der Waals surface area contributed by atoms with Crippen molar-refractivity contribution in [1.29, 1.82) is 0 Å². The van der Waals surface area contributed by atoms with Crippen molar-refractivity contribution in [2.45, 2.75) is 90.6 Å². The van der Waals surface area contributed by atoms with Crippen molar-refractivity contribution in [1.82, 2.24) is 10.2 Å². The van der Waals surface area contributed by atoms with E-state index in [1.165, 1.54) is 0 Å². The highest BCUT2D eigenvalue weighted by atomic mass is 16.6. The molecule has 212 valence electrons. The minimum absolute atomic E-state index is 0.0543. The van der Waals surface area contributed by atoms with Gasteiger partial charge in [-0.15, -0.1) is 0 Å². The largest absolute Gasteiger partial charge is 0.460 e. The van der Waals surface area contributed by atoms with Gasteiger partial charge in [-0.3, -0.25) is 24.5 Å². The van der Waals surface area contributed by atoms with Gasteiger partial charge in [-0.25, -0.2) is 4.58 Å². The molecule has 1 aliphatic carbocycles. The van der Waals surface area contributed by atoms with Crippen LogP contribution in [0.4, 0.5) is 5.69 Å². The highest BCUT2D eigenvalue weighted by Gasteiger charge is 2.42. The van der Waals surface area contributed by atoms with Crippen LogP contribution in [0.5, 0.6) is 0 Å². The van der Waals surface area contributed by atoms with Crippen LogP contribution in [0.1, 0.15) is 90.5 Å². The summed E-state index contributed by atoms with van der Waals surface area (Å²) in [5.41, 5.74) is 0.947. The molecule has 3 amide bonds. The van der Waals surface area contributed by atoms with E-state index in [4.69, 9.17) is 4.74 Å². The van der Waals surface area contributed by atoms with Crippen molar-refractivity contribution in [2.75, 3.05) is 20.1 Å². The lowest BCUT2D eigenvalue weighted by molar-refractivity contribution is -0.402. The molecule has 0 aromatic heterocycles. The van der Waals surface area contributed by atoms with E-state index in [1.807, 2.05) is 63.9 Å². The highest BCUT2D eigenvalue weighted by Crippen LogP contribution is 2.36. The summed E-state index contributed by atoms with van der Waals surface area (Å²) in [6.45, 7) is 8.84. The fourth-order valence-electron chi connectivity index (χ4n) is 5.96. The number of hydrogen-bond donors (Lipinski definition) is 1. The fraction of sp³-hybridized carbons (Fsp3) is 0.645. The number of hydrogen-bond acceptors (Lipinski definition) is 5. The molecule has 2 heterocycles. The number of carbonyl (C=O) groups is 4. The lowest BCUT2D eigenvalue weighted by Crippen LogP contribution is -2.48. The van der Waals surface area contributed by atoms with Crippen molar-refractivity contribution >= 4 is 35.6 Å². The number of piperidine rings is 2. The Morgan fingerprint density at radius 1 is 1.03 bits per heavy atom. The second-order valence-corrected chi connectivity index (χ2v) is 12.9. The second kappa shape index (κ2) is 11.6. The number of imide groups is 1. The summed E-state index contributed by atoms with van der Waals surface area (Å²) in [5.74, 6) is -0.151. The standard InChI is InChI=1S/C31H43N3O5/c1-30(2,3)39-29(38)31(4)16-18-34(19-17-31)28(37)23-8-6-21(7-9-23)20-33(5)24-12-10-22(11-13-24)25-14-15-26(35)32-27(25)36/h10-13,20-21,23,25H,6-9,14-19H2,1-5H3/p+1/b33-20+/t21?,23?,25-/m1/s1. The first-order chi connectivity index (χ1) is 18.3. The molecule has 0 unspecified atom stereocenters. The molecule has 1 aromatic rings. The van der Waals surface area contributed by atoms with Crippen LogP contribution in [0.2, 0.25) is 0 Å². The Morgan fingerprint density at radius 2 is 1.64 bits per heavy atom. The maximum absolute atomic E-state index is 13.3. The molecule has 8 nitrogen and oxygen atoms in total. The Kier molecular flexibility index (Phi) is 8.62. The number of esters is 1. The van der Waals surface area contributed by atoms with Crippen LogP contribution in [0, 0.1) is 17.3 Å². The smallest absolute Gasteiger partial charge is 0.312 e. The van der Waals surface area contributed by atoms with Gasteiger partial charge in [0.2, 0.25) is 23.4 Å². The topological polar surface area (TPSA) is 95.8 Å². The quantitative estimate of drug-likeness (QED) is 0.261. The van der Waals surface area contributed by atoms with Gasteiger partial charge in [0.15, 0.2) is 0 Å². The number of ether oxygens (including phenoxy) is 1. The van der Waals surface area contributed by atoms with Crippen molar-refractivity contribution in [2.24, 2.45) is 17.3 Å². The van der Waals surface area contributed by atoms with E-state index in [-0.39, 0.29) is 35.5 Å². The Bertz CT molecular complexity index is 1120. The lowest BCUT2D eigenvalue weighted by atomic mass is 9.78. The molecule has 3 aliphatic rings. The van der Waals surface area contributed by atoms with E-state index in [0.29, 0.717) is 44.7 Å². The number of rotatable bonds is 5. The lowest BCUT2D eigenvalue weighted by Gasteiger charge is -2.40. The van der Waals surface area contributed by atoms with Gasteiger partial charge < -0.3 is 9.64 Å². The third-order valence-electron chi connectivity index (χ3n) is 8.57. The number of benzene rings is 1. The first kappa shape index (κ1) is 29.0. The second-order valence-electron chi connectivity index (χ2n) is 12.9. The van der Waals surface area contributed by atoms with Gasteiger partial charge in [0, 0.05) is 43.5 Å². The molecule has 2 saturated heterocycles. The Balaban J connectivity index is 1.26. The molecule has 1 N–H and O–H groups in total. The van der Waals surface area contributed by atoms with Crippen LogP contribution in [-0.4, -0.2) is 65.1 Å². The van der Waals surface area contributed by atoms with E-state index in [0.717, 1.165) is 36.9 Å². The molecule has 4 rings (SSSR count). The summed E-state index contributed by atoms with van der Waals surface area (Å²) in [4.78, 5) is 51.5. The zero-order valence-corrected chi connectivity index (χ0v) is 24.1. The van der Waals surface area contributed by atoms with Gasteiger partial charge in [0.1, 0.15) is 18.9 Å². The molecule has 1 saturated carbocycles. The van der Waals surface area contributed by atoms with Crippen LogP contribution < -0.4 is 5.32 Å². The molecule has 1 aromatic carbocycles. The molecule has 0 spiro atoms. The monoisotopic (exact) mass is 538 g/mol. The summed E-state index contributed by atoms with van der Waals surface area (Å²) in [7, 11) is 2.04. The molecule has 0 bridgehead atoms. The van der Waals surface area contributed by atoms with Crippen molar-refractivity contribution in [3.05, 3.63) is 29.8 Å². The first-order valence-corrected chi connectivity index (χ1v) is 14.4. The maximum Gasteiger partial charge on any atom is 0.312 e. The number of nitrogens with one attached hydrogen (secondary N) is 1. The molecule has 39 heavy (non-hydrogen) atoms. The molecule has 1 atom stereocenters. The Hall–Kier alpha value is -3.03. The molecule has 3 fully saturated rings. The minimum Gasteiger partial charge on any atom is -0.460 e. The predicted molar refractivity (Wildman–Crippen MR) is 149 cm³/mol. The van der Waals surface area contributed by atoms with Crippen LogP contribution in [0.3, 0.4) is 0 Å². The number of nitrogens with zero attached hydrogens (tertiary/aromatic N) is 2. The van der Waals surface area contributed by atoms with Gasteiger partial charge >= 0.3 is 5.97 Å². The van der Waals surface area contributed by atoms with Crippen LogP contribution >= 0.6 is 0 Å². The highest BCUT2D eigenvalue weighted by molar-refractivity contribution is 6.00. The molecule has 0 radical (unpaired) electrons. The van der Waals surface area contributed by atoms with E-state index in [1.54, 1.807) is 0 Å². The fourth-order valence-corrected chi connectivity index (χ4v) is 5.96. The van der Waals surface area contributed by atoms with Gasteiger partial charge in [-0.05, 0) is 78.2 Å². The zero-order valence-electron chi connectivity index (χ0n) is 24.1. The average Bonchev–Trinajstić information content (AvgIpc) is 2.88. The molecular weight excluding hydrogens is 494 g/mol. The third-order valence-corrected chi connectivity index (χ3v) is 8.57. The van der Waals surface area contributed by atoms with E-state index in [9.17, 15) is 19.2 Å². The summed E-state index contributed by atoms with van der Waals surface area (Å²) in [6, 6.07) is 7.99. The zero-order chi connectivity index (χ0) is 28.4. The van der Waals surface area contributed by atoms with Gasteiger partial charge in [0.25, 0.3) is 0 Å². The van der Waals surface area contributed by atoms with Gasteiger partial charge in [0.05, 0.1) is 11.3 Å². The summed E-state index contributed by atoms with van der Waals surface area (Å²) in [5, 5.41) is 2.43.